The molecule has 9 heteroatoms. The molecule has 3 aromatic rings. The molecule has 162 valence electrons. The summed E-state index contributed by atoms with van der Waals surface area (Å²) in [4.78, 5) is 5.32. The predicted molar refractivity (Wildman–Crippen MR) is 111 cm³/mol. The molecule has 0 amide bonds. The Balaban J connectivity index is 0.00000240. The van der Waals surface area contributed by atoms with Gasteiger partial charge in [-0.2, -0.15) is 5.26 Å². The van der Waals surface area contributed by atoms with Crippen LogP contribution in [0.4, 0.5) is 0 Å². The molecule has 0 atom stereocenters. The monoisotopic (exact) mass is 584 g/mol. The van der Waals surface area contributed by atoms with E-state index in [-0.39, 0.29) is 40.6 Å². The number of oxime groups is 1. The van der Waals surface area contributed by atoms with E-state index in [1.807, 2.05) is 49.1 Å². The summed E-state index contributed by atoms with van der Waals surface area (Å²) in [7, 11) is 0. The first-order valence-electron chi connectivity index (χ1n) is 9.12. The van der Waals surface area contributed by atoms with Gasteiger partial charge in [0.2, 0.25) is 0 Å². The summed E-state index contributed by atoms with van der Waals surface area (Å²) in [6.45, 7) is 2.00. The van der Waals surface area contributed by atoms with Crippen molar-refractivity contribution in [1.82, 2.24) is 0 Å². The Bertz CT molecular complexity index is 1000. The molecule has 0 bridgehead atoms. The lowest BCUT2D eigenvalue weighted by atomic mass is 10.2. The lowest BCUT2D eigenvalue weighted by Gasteiger charge is -2.04. The molecule has 0 spiro atoms. The van der Waals surface area contributed by atoms with Gasteiger partial charge in [-0.15, -0.1) is 0 Å². The second-order valence-corrected chi connectivity index (χ2v) is 7.18. The number of benzene rings is 1. The summed E-state index contributed by atoms with van der Waals surface area (Å²) in [5.74, 6) is 0. The maximum Gasteiger partial charge on any atom is 0.170 e. The van der Waals surface area contributed by atoms with Crippen LogP contribution in [-0.2, 0) is 24.5 Å². The minimum absolute atomic E-state index is 0. The topological polar surface area (TPSA) is 53.1 Å². The van der Waals surface area contributed by atoms with Crippen LogP contribution in [0.5, 0.6) is 0 Å². The van der Waals surface area contributed by atoms with Gasteiger partial charge in [-0.05, 0) is 12.1 Å². The third-order valence-electron chi connectivity index (χ3n) is 4.32. The molecule has 0 fully saturated rings. The Morgan fingerprint density at radius 1 is 0.903 bits per heavy atom. The summed E-state index contributed by atoms with van der Waals surface area (Å²) >= 11 is 12.2. The lowest BCUT2D eigenvalue weighted by Crippen LogP contribution is -3.00. The zero-order chi connectivity index (χ0) is 20.5. The van der Waals surface area contributed by atoms with Crippen molar-refractivity contribution in [1.29, 1.82) is 5.26 Å². The Labute approximate surface area is 213 Å². The fraction of sp³-hybridized carbons (Fsp3) is 0.182. The van der Waals surface area contributed by atoms with E-state index >= 15 is 0 Å². The molecular formula is C22H20Br2Cl2N4O. The van der Waals surface area contributed by atoms with Gasteiger partial charge in [0.25, 0.3) is 0 Å². The van der Waals surface area contributed by atoms with Crippen LogP contribution < -0.4 is 43.1 Å². The molecule has 2 heterocycles. The molecular weight excluding hydrogens is 567 g/mol. The minimum Gasteiger partial charge on any atom is -1.00 e. The number of aryl methyl sites for hydroxylation is 2. The summed E-state index contributed by atoms with van der Waals surface area (Å²) in [6.07, 6.45) is 10.5. The zero-order valence-corrected chi connectivity index (χ0v) is 21.1. The SMILES string of the molecule is N#Cc1cc[n+](CCC[n+]2ccc(/C=N/OCc3c(Cl)cccc3Cl)cc2)cc1.[Br-].[Br-]. The highest BCUT2D eigenvalue weighted by atomic mass is 79.9. The van der Waals surface area contributed by atoms with E-state index in [0.717, 1.165) is 30.6 Å². The van der Waals surface area contributed by atoms with E-state index in [0.29, 0.717) is 15.6 Å². The Morgan fingerprint density at radius 2 is 1.45 bits per heavy atom. The van der Waals surface area contributed by atoms with Crippen LogP contribution in [0.25, 0.3) is 0 Å². The van der Waals surface area contributed by atoms with Gasteiger partial charge in [-0.3, -0.25) is 0 Å². The Morgan fingerprint density at radius 3 is 2.00 bits per heavy atom. The van der Waals surface area contributed by atoms with Crippen LogP contribution >= 0.6 is 23.2 Å². The largest absolute Gasteiger partial charge is 1.00 e. The summed E-state index contributed by atoms with van der Waals surface area (Å²) < 4.78 is 4.19. The summed E-state index contributed by atoms with van der Waals surface area (Å²) in [5, 5.41) is 13.9. The van der Waals surface area contributed by atoms with Gasteiger partial charge >= 0.3 is 0 Å². The molecule has 2 aromatic heterocycles. The standard InChI is InChI=1S/C22H20Cl2N4O.2BrH/c23-21-3-1-4-22(24)20(21)17-29-26-16-19-7-13-28(14-8-19)10-2-9-27-11-5-18(15-25)6-12-27;;/h1,3-8,11-14,16H,2,9-10,17H2;2*1H/q+2;;/p-2/b26-16+;;. The molecule has 0 N–H and O–H groups in total. The van der Waals surface area contributed by atoms with Crippen molar-refractivity contribution >= 4 is 29.4 Å². The summed E-state index contributed by atoms with van der Waals surface area (Å²) in [6, 6.07) is 15.1. The third-order valence-corrected chi connectivity index (χ3v) is 5.02. The second-order valence-electron chi connectivity index (χ2n) is 6.37. The van der Waals surface area contributed by atoms with Gasteiger partial charge < -0.3 is 38.8 Å². The quantitative estimate of drug-likeness (QED) is 0.176. The number of pyridine rings is 2. The van der Waals surface area contributed by atoms with Crippen LogP contribution in [0.3, 0.4) is 0 Å². The molecule has 0 aliphatic rings. The van der Waals surface area contributed by atoms with Gasteiger partial charge in [-0.25, -0.2) is 9.13 Å². The van der Waals surface area contributed by atoms with Gasteiger partial charge in [0.05, 0.1) is 24.3 Å². The molecule has 5 nitrogen and oxygen atoms in total. The molecule has 3 rings (SSSR count). The molecule has 31 heavy (non-hydrogen) atoms. The Kier molecular flexibility index (Phi) is 12.4. The van der Waals surface area contributed by atoms with E-state index in [1.165, 1.54) is 0 Å². The van der Waals surface area contributed by atoms with Crippen molar-refractivity contribution in [2.24, 2.45) is 5.16 Å². The number of nitrogens with zero attached hydrogens (tertiary/aromatic N) is 4. The van der Waals surface area contributed by atoms with Crippen LogP contribution in [0.1, 0.15) is 23.1 Å². The molecule has 0 unspecified atom stereocenters. The van der Waals surface area contributed by atoms with Crippen molar-refractivity contribution in [3.8, 4) is 6.07 Å². The number of rotatable bonds is 8. The van der Waals surface area contributed by atoms with Crippen LogP contribution in [0.15, 0.2) is 72.4 Å². The number of halogens is 4. The van der Waals surface area contributed by atoms with Gasteiger partial charge in [0.15, 0.2) is 37.9 Å². The highest BCUT2D eigenvalue weighted by Crippen LogP contribution is 2.24. The molecule has 1 aromatic carbocycles. The van der Waals surface area contributed by atoms with Gasteiger partial charge in [0.1, 0.15) is 6.61 Å². The maximum atomic E-state index is 8.83. The average Bonchev–Trinajstić information content (AvgIpc) is 2.74. The highest BCUT2D eigenvalue weighted by Gasteiger charge is 2.06. The van der Waals surface area contributed by atoms with E-state index in [4.69, 9.17) is 33.3 Å². The average molecular weight is 587 g/mol. The zero-order valence-electron chi connectivity index (χ0n) is 16.5. The van der Waals surface area contributed by atoms with Crippen LogP contribution in [0.2, 0.25) is 10.0 Å². The van der Waals surface area contributed by atoms with Crippen molar-refractivity contribution in [3.05, 3.63) is 94.0 Å². The molecule has 0 saturated heterocycles. The summed E-state index contributed by atoms with van der Waals surface area (Å²) in [5.41, 5.74) is 2.33. The third kappa shape index (κ3) is 8.58. The van der Waals surface area contributed by atoms with E-state index in [2.05, 4.69) is 20.4 Å². The molecule has 0 aliphatic heterocycles. The highest BCUT2D eigenvalue weighted by molar-refractivity contribution is 6.35. The van der Waals surface area contributed by atoms with E-state index in [9.17, 15) is 0 Å². The van der Waals surface area contributed by atoms with Crippen molar-refractivity contribution in [3.63, 3.8) is 0 Å². The van der Waals surface area contributed by atoms with Crippen LogP contribution in [0, 0.1) is 11.3 Å². The molecule has 0 aliphatic carbocycles. The van der Waals surface area contributed by atoms with Crippen molar-refractivity contribution in [2.75, 3.05) is 0 Å². The Hall–Kier alpha value is -1.98. The number of aromatic nitrogens is 2. The molecule has 0 saturated carbocycles. The maximum absolute atomic E-state index is 8.83. The lowest BCUT2D eigenvalue weighted by molar-refractivity contribution is -0.726. The van der Waals surface area contributed by atoms with E-state index < -0.39 is 0 Å². The smallest absolute Gasteiger partial charge is 0.170 e. The van der Waals surface area contributed by atoms with Crippen molar-refractivity contribution < 1.29 is 47.9 Å². The number of hydrogen-bond acceptors (Lipinski definition) is 3. The normalized spacial score (nSPS) is 10.1. The van der Waals surface area contributed by atoms with E-state index in [1.54, 1.807) is 24.4 Å². The first kappa shape index (κ1) is 27.1. The number of nitriles is 1. The number of hydrogen-bond donors (Lipinski definition) is 0. The first-order chi connectivity index (χ1) is 14.2. The molecule has 0 radical (unpaired) electrons. The second kappa shape index (κ2) is 14.2. The van der Waals surface area contributed by atoms with Gasteiger partial charge in [-0.1, -0.05) is 34.4 Å². The fourth-order valence-corrected chi connectivity index (χ4v) is 3.20. The minimum atomic E-state index is 0. The first-order valence-corrected chi connectivity index (χ1v) is 9.88. The van der Waals surface area contributed by atoms with Crippen molar-refractivity contribution in [2.45, 2.75) is 26.1 Å². The fourth-order valence-electron chi connectivity index (χ4n) is 2.69. The van der Waals surface area contributed by atoms with Gasteiger partial charge in [0, 0.05) is 45.4 Å². The predicted octanol–water partition coefficient (Wildman–Crippen LogP) is -1.91. The van der Waals surface area contributed by atoms with Crippen LogP contribution in [-0.4, -0.2) is 6.21 Å².